The molecule has 0 saturated heterocycles. The van der Waals surface area contributed by atoms with E-state index in [1.807, 2.05) is 36.4 Å². The second-order valence-corrected chi connectivity index (χ2v) is 6.40. The number of carbonyl (C=O) groups excluding carboxylic acids is 2. The lowest BCUT2D eigenvalue weighted by atomic mass is 9.81. The first kappa shape index (κ1) is 16.4. The monoisotopic (exact) mass is 322 g/mol. The first-order valence-corrected chi connectivity index (χ1v) is 8.46. The molecule has 1 aliphatic carbocycles. The molecule has 1 aliphatic rings. The summed E-state index contributed by atoms with van der Waals surface area (Å²) in [6.45, 7) is 0. The Kier molecular flexibility index (Phi) is 5.04. The van der Waals surface area contributed by atoms with Gasteiger partial charge in [0.2, 0.25) is 0 Å². The summed E-state index contributed by atoms with van der Waals surface area (Å²) in [5, 5.41) is 2.59. The number of aromatic nitrogens is 1. The maximum atomic E-state index is 12.6. The van der Waals surface area contributed by atoms with Crippen molar-refractivity contribution < 1.29 is 9.59 Å². The average Bonchev–Trinajstić information content (AvgIpc) is 2.57. The molecule has 4 heteroatoms. The van der Waals surface area contributed by atoms with E-state index in [4.69, 9.17) is 0 Å². The van der Waals surface area contributed by atoms with Gasteiger partial charge in [0.05, 0.1) is 0 Å². The lowest BCUT2D eigenvalue weighted by molar-refractivity contribution is 0.0936. The Morgan fingerprint density at radius 1 is 1.17 bits per heavy atom. The van der Waals surface area contributed by atoms with E-state index in [9.17, 15) is 9.59 Å². The van der Waals surface area contributed by atoms with E-state index in [1.54, 1.807) is 13.1 Å². The second-order valence-electron chi connectivity index (χ2n) is 6.40. The van der Waals surface area contributed by atoms with E-state index in [1.165, 1.54) is 6.42 Å². The summed E-state index contributed by atoms with van der Waals surface area (Å²) in [4.78, 5) is 29.0. The molecule has 1 amide bonds. The van der Waals surface area contributed by atoms with Gasteiger partial charge in [0.1, 0.15) is 5.69 Å². The molecule has 1 heterocycles. The van der Waals surface area contributed by atoms with Gasteiger partial charge in [-0.1, -0.05) is 49.6 Å². The van der Waals surface area contributed by atoms with Crippen LogP contribution in [0.25, 0.3) is 0 Å². The topological polar surface area (TPSA) is 59.1 Å². The van der Waals surface area contributed by atoms with Crippen molar-refractivity contribution in [3.8, 4) is 0 Å². The summed E-state index contributed by atoms with van der Waals surface area (Å²) in [6, 6.07) is 13.4. The van der Waals surface area contributed by atoms with Crippen molar-refractivity contribution in [3.63, 3.8) is 0 Å². The summed E-state index contributed by atoms with van der Waals surface area (Å²) in [6.07, 6.45) is 4.67. The van der Waals surface area contributed by atoms with E-state index in [-0.39, 0.29) is 11.7 Å². The third-order valence-corrected chi connectivity index (χ3v) is 4.59. The number of nitrogens with one attached hydrogen (secondary N) is 1. The molecule has 1 saturated carbocycles. The van der Waals surface area contributed by atoms with Gasteiger partial charge >= 0.3 is 0 Å². The zero-order valence-electron chi connectivity index (χ0n) is 13.9. The van der Waals surface area contributed by atoms with Crippen LogP contribution in [-0.4, -0.2) is 23.7 Å². The standard InChI is InChI=1S/C20H22N2O2/c1-21-20(24)18-13-16(19(23)11-15-8-5-9-15)12-17(22-18)10-14-6-3-2-4-7-14/h2-4,6-7,12-13,15H,5,8-11H2,1H3,(H,21,24). The number of nitrogens with zero attached hydrogens (tertiary/aromatic N) is 1. The van der Waals surface area contributed by atoms with Gasteiger partial charge < -0.3 is 5.32 Å². The number of amides is 1. The van der Waals surface area contributed by atoms with E-state index < -0.39 is 0 Å². The molecule has 24 heavy (non-hydrogen) atoms. The summed E-state index contributed by atoms with van der Waals surface area (Å²) < 4.78 is 0. The SMILES string of the molecule is CNC(=O)c1cc(C(=O)CC2CCC2)cc(Cc2ccccc2)n1. The number of Topliss-reactive ketones (excluding diaryl/α,β-unsaturated/α-hetero) is 1. The molecule has 2 aromatic rings. The Balaban J connectivity index is 1.87. The fourth-order valence-corrected chi connectivity index (χ4v) is 2.97. The van der Waals surface area contributed by atoms with E-state index in [0.29, 0.717) is 30.0 Å². The van der Waals surface area contributed by atoms with Gasteiger partial charge in [0, 0.05) is 31.1 Å². The van der Waals surface area contributed by atoms with Gasteiger partial charge in [-0.25, -0.2) is 4.98 Å². The number of hydrogen-bond acceptors (Lipinski definition) is 3. The Hall–Kier alpha value is -2.49. The minimum atomic E-state index is -0.261. The maximum Gasteiger partial charge on any atom is 0.269 e. The van der Waals surface area contributed by atoms with Gasteiger partial charge in [0.15, 0.2) is 5.78 Å². The first-order valence-electron chi connectivity index (χ1n) is 8.46. The minimum absolute atomic E-state index is 0.113. The molecule has 0 aliphatic heterocycles. The van der Waals surface area contributed by atoms with Crippen LogP contribution in [0.5, 0.6) is 0 Å². The molecule has 3 rings (SSSR count). The zero-order valence-corrected chi connectivity index (χ0v) is 13.9. The Morgan fingerprint density at radius 3 is 2.54 bits per heavy atom. The Morgan fingerprint density at radius 2 is 1.92 bits per heavy atom. The summed E-state index contributed by atoms with van der Waals surface area (Å²) in [5.41, 5.74) is 2.76. The number of hydrogen-bond donors (Lipinski definition) is 1. The minimum Gasteiger partial charge on any atom is -0.354 e. The molecule has 0 radical (unpaired) electrons. The van der Waals surface area contributed by atoms with Crippen LogP contribution in [-0.2, 0) is 6.42 Å². The van der Waals surface area contributed by atoms with E-state index >= 15 is 0 Å². The highest BCUT2D eigenvalue weighted by molar-refractivity contribution is 5.99. The van der Waals surface area contributed by atoms with Gasteiger partial charge in [-0.05, 0) is 23.6 Å². The number of carbonyl (C=O) groups is 2. The molecule has 124 valence electrons. The van der Waals surface area contributed by atoms with Crippen molar-refractivity contribution in [2.24, 2.45) is 5.92 Å². The fraction of sp³-hybridized carbons (Fsp3) is 0.350. The second kappa shape index (κ2) is 7.39. The van der Waals surface area contributed by atoms with Gasteiger partial charge in [-0.3, -0.25) is 9.59 Å². The molecule has 4 nitrogen and oxygen atoms in total. The first-order chi connectivity index (χ1) is 11.7. The molecule has 1 fully saturated rings. The van der Waals surface area contributed by atoms with Crippen molar-refractivity contribution in [3.05, 3.63) is 65.0 Å². The molecule has 0 spiro atoms. The molecule has 1 N–H and O–H groups in total. The Labute approximate surface area is 142 Å². The van der Waals surface area contributed by atoms with Crippen LogP contribution in [0.3, 0.4) is 0 Å². The molecule has 0 bridgehead atoms. The van der Waals surface area contributed by atoms with Crippen LogP contribution in [0, 0.1) is 5.92 Å². The van der Waals surface area contributed by atoms with Crippen LogP contribution >= 0.6 is 0 Å². The van der Waals surface area contributed by atoms with Gasteiger partial charge in [0.25, 0.3) is 5.91 Å². The molecule has 1 aromatic carbocycles. The van der Waals surface area contributed by atoms with Crippen molar-refractivity contribution in [2.45, 2.75) is 32.1 Å². The highest BCUT2D eigenvalue weighted by Crippen LogP contribution is 2.30. The maximum absolute atomic E-state index is 12.6. The largest absolute Gasteiger partial charge is 0.354 e. The Bertz CT molecular complexity index is 737. The van der Waals surface area contributed by atoms with Gasteiger partial charge in [-0.2, -0.15) is 0 Å². The smallest absolute Gasteiger partial charge is 0.269 e. The molecular weight excluding hydrogens is 300 g/mol. The molecule has 0 unspecified atom stereocenters. The molecule has 1 aromatic heterocycles. The fourth-order valence-electron chi connectivity index (χ4n) is 2.97. The number of rotatable bonds is 6. The van der Waals surface area contributed by atoms with Crippen LogP contribution in [0.15, 0.2) is 42.5 Å². The van der Waals surface area contributed by atoms with Crippen LogP contribution < -0.4 is 5.32 Å². The summed E-state index contributed by atoms with van der Waals surface area (Å²) in [5.74, 6) is 0.357. The predicted octanol–water partition coefficient (Wildman–Crippen LogP) is 3.40. The zero-order chi connectivity index (χ0) is 16.9. The van der Waals surface area contributed by atoms with Gasteiger partial charge in [-0.15, -0.1) is 0 Å². The van der Waals surface area contributed by atoms with Crippen molar-refractivity contribution in [1.29, 1.82) is 0 Å². The third kappa shape index (κ3) is 3.88. The number of pyridine rings is 1. The van der Waals surface area contributed by atoms with Crippen LogP contribution in [0.1, 0.15) is 57.8 Å². The highest BCUT2D eigenvalue weighted by atomic mass is 16.1. The van der Waals surface area contributed by atoms with Crippen LogP contribution in [0.4, 0.5) is 0 Å². The number of ketones is 1. The predicted molar refractivity (Wildman–Crippen MR) is 93.2 cm³/mol. The van der Waals surface area contributed by atoms with Crippen molar-refractivity contribution in [2.75, 3.05) is 7.05 Å². The van der Waals surface area contributed by atoms with E-state index in [0.717, 1.165) is 24.1 Å². The van der Waals surface area contributed by atoms with Crippen molar-refractivity contribution in [1.82, 2.24) is 10.3 Å². The molecule has 0 atom stereocenters. The number of benzene rings is 1. The quantitative estimate of drug-likeness (QED) is 0.829. The third-order valence-electron chi connectivity index (χ3n) is 4.59. The normalized spacial score (nSPS) is 14.0. The average molecular weight is 322 g/mol. The summed E-state index contributed by atoms with van der Waals surface area (Å²) in [7, 11) is 1.57. The van der Waals surface area contributed by atoms with Crippen LogP contribution in [0.2, 0.25) is 0 Å². The van der Waals surface area contributed by atoms with E-state index in [2.05, 4.69) is 10.3 Å². The molecular formula is C20H22N2O2. The lowest BCUT2D eigenvalue weighted by Crippen LogP contribution is -2.21. The lowest BCUT2D eigenvalue weighted by Gasteiger charge is -2.24. The summed E-state index contributed by atoms with van der Waals surface area (Å²) >= 11 is 0. The van der Waals surface area contributed by atoms with Crippen molar-refractivity contribution >= 4 is 11.7 Å². The highest BCUT2D eigenvalue weighted by Gasteiger charge is 2.22.